The molecule has 0 aromatic heterocycles. The number of hydrogen-bond acceptors (Lipinski definition) is 5. The highest BCUT2D eigenvalue weighted by Gasteiger charge is 2.21. The van der Waals surface area contributed by atoms with Crippen LogP contribution in [-0.2, 0) is 22.9 Å². The number of carbonyl (C=O) groups is 1. The molecule has 0 aromatic rings. The van der Waals surface area contributed by atoms with Gasteiger partial charge in [-0.3, -0.25) is 18.4 Å². The Kier molecular flexibility index (Phi) is 6.40. The quantitative estimate of drug-likeness (QED) is 0.530. The topological polar surface area (TPSA) is 73.9 Å². The molecule has 0 aliphatic rings. The standard InChI is InChI=1S/C7H14NO5P/c1-8-7(9)5-4-6-13-14(10,11-2)12-3/h4-5H,6H2,1-3H3,(H,8,9)/b5-4-. The fourth-order valence-electron chi connectivity index (χ4n) is 0.553. The maximum absolute atomic E-state index is 11.3. The Labute approximate surface area is 82.8 Å². The molecule has 0 saturated heterocycles. The lowest BCUT2D eigenvalue weighted by Crippen LogP contribution is -2.14. The molecule has 14 heavy (non-hydrogen) atoms. The maximum Gasteiger partial charge on any atom is 0.474 e. The molecule has 1 amide bonds. The van der Waals surface area contributed by atoms with Crippen LogP contribution in [0.3, 0.4) is 0 Å². The number of hydrogen-bond donors (Lipinski definition) is 1. The molecule has 1 N–H and O–H groups in total. The smallest absolute Gasteiger partial charge is 0.356 e. The molecule has 0 heterocycles. The van der Waals surface area contributed by atoms with E-state index in [1.54, 1.807) is 0 Å². The first-order chi connectivity index (χ1) is 6.58. The summed E-state index contributed by atoms with van der Waals surface area (Å²) in [4.78, 5) is 10.7. The average Bonchev–Trinajstić information content (AvgIpc) is 2.23. The van der Waals surface area contributed by atoms with Crippen LogP contribution in [0, 0.1) is 0 Å². The molecule has 0 radical (unpaired) electrons. The summed E-state index contributed by atoms with van der Waals surface area (Å²) in [5, 5.41) is 2.38. The molecule has 0 aliphatic carbocycles. The van der Waals surface area contributed by atoms with Crippen LogP contribution in [0.25, 0.3) is 0 Å². The summed E-state index contributed by atoms with van der Waals surface area (Å²) in [7, 11) is 0.500. The Balaban J connectivity index is 3.89. The van der Waals surface area contributed by atoms with Crippen molar-refractivity contribution >= 4 is 13.7 Å². The summed E-state index contributed by atoms with van der Waals surface area (Å²) in [5.74, 6) is -0.265. The van der Waals surface area contributed by atoms with Crippen LogP contribution >= 0.6 is 7.82 Å². The van der Waals surface area contributed by atoms with E-state index >= 15 is 0 Å². The van der Waals surface area contributed by atoms with Gasteiger partial charge in [-0.2, -0.15) is 0 Å². The van der Waals surface area contributed by atoms with E-state index < -0.39 is 7.82 Å². The van der Waals surface area contributed by atoms with Crippen LogP contribution in [0.4, 0.5) is 0 Å². The lowest BCUT2D eigenvalue weighted by atomic mass is 10.5. The van der Waals surface area contributed by atoms with E-state index in [2.05, 4.69) is 14.4 Å². The highest BCUT2D eigenvalue weighted by atomic mass is 31.2. The SMILES string of the molecule is CNC(=O)/C=C\COP(=O)(OC)OC. The highest BCUT2D eigenvalue weighted by molar-refractivity contribution is 7.48. The molecule has 0 fully saturated rings. The van der Waals surface area contributed by atoms with Gasteiger partial charge in [0.15, 0.2) is 0 Å². The van der Waals surface area contributed by atoms with Gasteiger partial charge >= 0.3 is 7.82 Å². The van der Waals surface area contributed by atoms with E-state index in [4.69, 9.17) is 4.52 Å². The van der Waals surface area contributed by atoms with Crippen LogP contribution in [-0.4, -0.2) is 33.8 Å². The molecule has 6 nitrogen and oxygen atoms in total. The summed E-state index contributed by atoms with van der Waals surface area (Å²) < 4.78 is 25.0. The Bertz CT molecular complexity index is 244. The molecule has 0 aromatic carbocycles. The van der Waals surface area contributed by atoms with Crippen molar-refractivity contribution in [3.8, 4) is 0 Å². The van der Waals surface area contributed by atoms with Gasteiger partial charge < -0.3 is 5.32 Å². The predicted molar refractivity (Wildman–Crippen MR) is 50.8 cm³/mol. The van der Waals surface area contributed by atoms with E-state index in [1.165, 1.54) is 33.4 Å². The van der Waals surface area contributed by atoms with Crippen LogP contribution in [0.1, 0.15) is 0 Å². The van der Waals surface area contributed by atoms with E-state index in [0.29, 0.717) is 0 Å². The number of likely N-dealkylation sites (N-methyl/N-ethyl adjacent to an activating group) is 1. The second-order valence-corrected chi connectivity index (χ2v) is 4.01. The second-order valence-electron chi connectivity index (χ2n) is 2.12. The Morgan fingerprint density at radius 1 is 1.43 bits per heavy atom. The first-order valence-corrected chi connectivity index (χ1v) is 5.28. The van der Waals surface area contributed by atoms with Gasteiger partial charge in [0.25, 0.3) is 0 Å². The number of phosphoric acid groups is 1. The lowest BCUT2D eigenvalue weighted by molar-refractivity contribution is -0.116. The van der Waals surface area contributed by atoms with Crippen LogP contribution in [0.5, 0.6) is 0 Å². The zero-order chi connectivity index (χ0) is 11.0. The van der Waals surface area contributed by atoms with Gasteiger partial charge in [0.05, 0.1) is 6.61 Å². The fraction of sp³-hybridized carbons (Fsp3) is 0.571. The van der Waals surface area contributed by atoms with Gasteiger partial charge in [0.2, 0.25) is 5.91 Å². The van der Waals surface area contributed by atoms with Gasteiger partial charge in [-0.15, -0.1) is 0 Å². The van der Waals surface area contributed by atoms with E-state index in [9.17, 15) is 9.36 Å². The van der Waals surface area contributed by atoms with Crippen molar-refractivity contribution in [3.63, 3.8) is 0 Å². The van der Waals surface area contributed by atoms with Gasteiger partial charge in [0.1, 0.15) is 0 Å². The molecular weight excluding hydrogens is 209 g/mol. The van der Waals surface area contributed by atoms with Crippen molar-refractivity contribution in [3.05, 3.63) is 12.2 Å². The van der Waals surface area contributed by atoms with Crippen LogP contribution < -0.4 is 5.32 Å². The first kappa shape index (κ1) is 13.3. The predicted octanol–water partition coefficient (Wildman–Crippen LogP) is 0.706. The van der Waals surface area contributed by atoms with E-state index in [0.717, 1.165) is 0 Å². The minimum atomic E-state index is -3.43. The molecule has 82 valence electrons. The summed E-state index contributed by atoms with van der Waals surface area (Å²) >= 11 is 0. The Hall–Kier alpha value is -0.680. The molecule has 0 saturated carbocycles. The fourth-order valence-corrected chi connectivity index (χ4v) is 1.18. The summed E-state index contributed by atoms with van der Waals surface area (Å²) in [6.45, 7) is -0.0215. The average molecular weight is 223 g/mol. The third-order valence-electron chi connectivity index (χ3n) is 1.29. The maximum atomic E-state index is 11.3. The molecule has 0 aliphatic heterocycles. The monoisotopic (exact) mass is 223 g/mol. The van der Waals surface area contributed by atoms with Crippen LogP contribution in [0.15, 0.2) is 12.2 Å². The molecule has 0 bridgehead atoms. The minimum absolute atomic E-state index is 0.0215. The lowest BCUT2D eigenvalue weighted by Gasteiger charge is -2.11. The van der Waals surface area contributed by atoms with Crippen molar-refractivity contribution in [2.75, 3.05) is 27.9 Å². The summed E-state index contributed by atoms with van der Waals surface area (Å²) in [6, 6.07) is 0. The number of amides is 1. The normalized spacial score (nSPS) is 11.9. The van der Waals surface area contributed by atoms with Gasteiger partial charge in [0, 0.05) is 27.3 Å². The molecule has 0 rings (SSSR count). The molecule has 0 spiro atoms. The van der Waals surface area contributed by atoms with Gasteiger partial charge in [-0.05, 0) is 0 Å². The molecule has 0 unspecified atom stereocenters. The van der Waals surface area contributed by atoms with E-state index in [1.807, 2.05) is 0 Å². The summed E-state index contributed by atoms with van der Waals surface area (Å²) in [6.07, 6.45) is 2.67. The molecule has 7 heteroatoms. The number of carbonyl (C=O) groups excluding carboxylic acids is 1. The third-order valence-corrected chi connectivity index (χ3v) is 2.65. The zero-order valence-corrected chi connectivity index (χ0v) is 9.24. The second kappa shape index (κ2) is 6.73. The minimum Gasteiger partial charge on any atom is -0.356 e. The van der Waals surface area contributed by atoms with Crippen molar-refractivity contribution in [1.29, 1.82) is 0 Å². The van der Waals surface area contributed by atoms with Gasteiger partial charge in [-0.25, -0.2) is 4.57 Å². The zero-order valence-electron chi connectivity index (χ0n) is 8.35. The van der Waals surface area contributed by atoms with Crippen molar-refractivity contribution < 1.29 is 22.9 Å². The van der Waals surface area contributed by atoms with Crippen molar-refractivity contribution in [2.24, 2.45) is 0 Å². The molecule has 0 atom stereocenters. The van der Waals surface area contributed by atoms with Crippen molar-refractivity contribution in [1.82, 2.24) is 5.32 Å². The first-order valence-electron chi connectivity index (χ1n) is 3.82. The largest absolute Gasteiger partial charge is 0.474 e. The third kappa shape index (κ3) is 5.14. The van der Waals surface area contributed by atoms with Crippen LogP contribution in [0.2, 0.25) is 0 Å². The number of rotatable bonds is 6. The molecular formula is C7H14NO5P. The van der Waals surface area contributed by atoms with E-state index in [-0.39, 0.29) is 12.5 Å². The van der Waals surface area contributed by atoms with Crippen molar-refractivity contribution in [2.45, 2.75) is 0 Å². The Morgan fingerprint density at radius 2 is 2.00 bits per heavy atom. The number of nitrogens with one attached hydrogen (secondary N) is 1. The number of phosphoric ester groups is 1. The Morgan fingerprint density at radius 3 is 2.43 bits per heavy atom. The highest BCUT2D eigenvalue weighted by Crippen LogP contribution is 2.47. The van der Waals surface area contributed by atoms with Gasteiger partial charge in [-0.1, -0.05) is 6.08 Å². The summed E-state index contributed by atoms with van der Waals surface area (Å²) in [5.41, 5.74) is 0.